The molecule has 1 unspecified atom stereocenters. The van der Waals surface area contributed by atoms with Gasteiger partial charge < -0.3 is 60.1 Å². The molecule has 2 fully saturated rings. The number of fused-ring (bicyclic) bond motifs is 4. The van der Waals surface area contributed by atoms with E-state index < -0.39 is 42.3 Å². The zero-order valence-corrected chi connectivity index (χ0v) is 39.6. The predicted octanol–water partition coefficient (Wildman–Crippen LogP) is 5.03. The first kappa shape index (κ1) is 48.7. The van der Waals surface area contributed by atoms with E-state index in [2.05, 4.69) is 15.6 Å². The molecule has 3 aromatic rings. The van der Waals surface area contributed by atoms with Crippen LogP contribution in [0.2, 0.25) is 0 Å². The van der Waals surface area contributed by atoms with E-state index in [4.69, 9.17) is 29.4 Å². The van der Waals surface area contributed by atoms with Crippen LogP contribution in [0.25, 0.3) is 0 Å². The van der Waals surface area contributed by atoms with Gasteiger partial charge >= 0.3 is 6.09 Å². The molecule has 5 amide bonds. The molecule has 0 aromatic heterocycles. The van der Waals surface area contributed by atoms with Gasteiger partial charge in [-0.1, -0.05) is 26.0 Å². The number of aliphatic hydroxyl groups is 2. The maximum absolute atomic E-state index is 14.3. The van der Waals surface area contributed by atoms with Crippen LogP contribution in [0.1, 0.15) is 92.0 Å². The lowest BCUT2D eigenvalue weighted by Gasteiger charge is -2.31. The fourth-order valence-corrected chi connectivity index (χ4v) is 9.12. The summed E-state index contributed by atoms with van der Waals surface area (Å²) in [6.45, 7) is 5.97. The van der Waals surface area contributed by atoms with Crippen molar-refractivity contribution < 1.29 is 57.9 Å². The van der Waals surface area contributed by atoms with Gasteiger partial charge in [-0.25, -0.2) is 9.69 Å². The predicted molar refractivity (Wildman–Crippen MR) is 254 cm³/mol. The van der Waals surface area contributed by atoms with Crippen molar-refractivity contribution in [3.63, 3.8) is 0 Å². The minimum atomic E-state index is -1.42. The minimum absolute atomic E-state index is 0.0860. The summed E-state index contributed by atoms with van der Waals surface area (Å²) in [5, 5.41) is 27.0. The summed E-state index contributed by atoms with van der Waals surface area (Å²) < 4.78 is 29.4. The van der Waals surface area contributed by atoms with Gasteiger partial charge in [0, 0.05) is 36.8 Å². The van der Waals surface area contributed by atoms with Gasteiger partial charge in [0.1, 0.15) is 12.6 Å². The van der Waals surface area contributed by atoms with E-state index in [-0.39, 0.29) is 71.8 Å². The molecule has 368 valence electrons. The van der Waals surface area contributed by atoms with Crippen molar-refractivity contribution in [3.8, 4) is 23.0 Å². The standard InChI is InChI=1S/C50H61N7O12/c1-28(2)43(51)45(60)53-29(3)44(59)54-32-11-9-30(10-12-32)26-69-49(64)57-37-21-42(40(66-5)19-35(37)47(62)56-27-50(13-14-50)22-38(56)48(57)63)68-16-8-6-7-15-67-41-20-36-34(18-39(41)65-4)46(61)55-24-31(25-58)17-33(55)23-52-36/h9-12,18-21,23-24,28-29,33,38,43,48,58,63H,6-8,13-17,22,25-27,51H2,1-5H3,(H,53,60)(H,54,59)/t29-,33-,38-,43-,48?/m0/s1. The molecule has 4 heterocycles. The van der Waals surface area contributed by atoms with Gasteiger partial charge in [-0.3, -0.25) is 24.2 Å². The Morgan fingerprint density at radius 1 is 0.884 bits per heavy atom. The lowest BCUT2D eigenvalue weighted by molar-refractivity contribution is -0.127. The van der Waals surface area contributed by atoms with Crippen molar-refractivity contribution in [2.75, 3.05) is 50.8 Å². The van der Waals surface area contributed by atoms with E-state index in [9.17, 15) is 34.2 Å². The fourth-order valence-electron chi connectivity index (χ4n) is 9.12. The Morgan fingerprint density at radius 2 is 1.55 bits per heavy atom. The van der Waals surface area contributed by atoms with Crippen LogP contribution in [0.3, 0.4) is 0 Å². The van der Waals surface area contributed by atoms with Crippen molar-refractivity contribution in [1.29, 1.82) is 0 Å². The largest absolute Gasteiger partial charge is 0.493 e. The number of unbranched alkanes of at least 4 members (excludes halogenated alkanes) is 2. The van der Waals surface area contributed by atoms with Crippen LogP contribution in [-0.2, 0) is 20.9 Å². The van der Waals surface area contributed by atoms with Crippen LogP contribution >= 0.6 is 0 Å². The van der Waals surface area contributed by atoms with Gasteiger partial charge in [0.25, 0.3) is 11.8 Å². The maximum atomic E-state index is 14.3. The molecule has 19 heteroatoms. The maximum Gasteiger partial charge on any atom is 0.416 e. The Labute approximate surface area is 400 Å². The molecule has 1 spiro atoms. The van der Waals surface area contributed by atoms with E-state index in [1.807, 2.05) is 13.8 Å². The van der Waals surface area contributed by atoms with Crippen molar-refractivity contribution in [3.05, 3.63) is 77.0 Å². The second-order valence-electron chi connectivity index (χ2n) is 18.7. The Balaban J connectivity index is 0.896. The smallest absolute Gasteiger partial charge is 0.416 e. The number of nitrogens with zero attached hydrogens (tertiary/aromatic N) is 4. The molecule has 1 saturated carbocycles. The summed E-state index contributed by atoms with van der Waals surface area (Å²) >= 11 is 0. The summed E-state index contributed by atoms with van der Waals surface area (Å²) in [5.41, 5.74) is 8.78. The SMILES string of the molecule is COc1cc2c(cc1OCCCCCOc1cc3c(cc1OC)C(=O)N1CC4(CC4)C[C@H]1C(O)N3C(=O)OCc1ccc(NC(=O)[C@H](C)NC(=O)[C@@H](N)C(C)C)cc1)N=C[C@@H]1CC(CO)=CN1C2=O. The van der Waals surface area contributed by atoms with Crippen molar-refractivity contribution in [1.82, 2.24) is 15.1 Å². The third-order valence-corrected chi connectivity index (χ3v) is 13.5. The van der Waals surface area contributed by atoms with E-state index in [0.29, 0.717) is 79.3 Å². The first-order valence-electron chi connectivity index (χ1n) is 23.4. The normalized spacial score (nSPS) is 20.4. The van der Waals surface area contributed by atoms with Gasteiger partial charge in [0.05, 0.1) is 74.7 Å². The van der Waals surface area contributed by atoms with Gasteiger partial charge in [0.2, 0.25) is 11.8 Å². The number of hydrogen-bond donors (Lipinski definition) is 5. The number of aliphatic imine (C=N–C) groups is 1. The van der Waals surface area contributed by atoms with Gasteiger partial charge in [-0.2, -0.15) is 0 Å². The number of amides is 5. The average molecular weight is 952 g/mol. The van der Waals surface area contributed by atoms with Crippen molar-refractivity contribution in [2.24, 2.45) is 22.1 Å². The molecule has 5 atom stereocenters. The highest BCUT2D eigenvalue weighted by Gasteiger charge is 2.58. The monoisotopic (exact) mass is 951 g/mol. The van der Waals surface area contributed by atoms with Crippen LogP contribution in [0, 0.1) is 11.3 Å². The highest BCUT2D eigenvalue weighted by Crippen LogP contribution is 2.57. The van der Waals surface area contributed by atoms with Crippen LogP contribution in [0.5, 0.6) is 23.0 Å². The Kier molecular flexibility index (Phi) is 14.5. The number of carbonyl (C=O) groups excluding carboxylic acids is 5. The topological polar surface area (TPSA) is 244 Å². The summed E-state index contributed by atoms with van der Waals surface area (Å²) in [6.07, 6.45) is 5.99. The molecule has 8 rings (SSSR count). The first-order chi connectivity index (χ1) is 33.1. The molecular formula is C50H61N7O12. The number of rotatable bonds is 18. The number of anilines is 2. The van der Waals surface area contributed by atoms with Crippen LogP contribution < -0.4 is 40.2 Å². The highest BCUT2D eigenvalue weighted by atomic mass is 16.6. The molecule has 69 heavy (non-hydrogen) atoms. The van der Waals surface area contributed by atoms with Crippen molar-refractivity contribution >= 4 is 53.0 Å². The number of nitrogens with two attached hydrogens (primary N) is 1. The highest BCUT2D eigenvalue weighted by molar-refractivity contribution is 6.06. The van der Waals surface area contributed by atoms with E-state index in [1.165, 1.54) is 20.3 Å². The number of nitrogens with one attached hydrogen (secondary N) is 2. The molecular weight excluding hydrogens is 891 g/mol. The number of benzene rings is 3. The third kappa shape index (κ3) is 10.4. The summed E-state index contributed by atoms with van der Waals surface area (Å²) in [5.74, 6) is -0.104. The number of carbonyl (C=O) groups is 5. The second kappa shape index (κ2) is 20.5. The Bertz CT molecular complexity index is 2530. The third-order valence-electron chi connectivity index (χ3n) is 13.5. The Morgan fingerprint density at radius 3 is 2.19 bits per heavy atom. The minimum Gasteiger partial charge on any atom is -0.493 e. The zero-order chi connectivity index (χ0) is 49.1. The first-order valence-corrected chi connectivity index (χ1v) is 23.4. The molecule has 6 N–H and O–H groups in total. The molecule has 0 bridgehead atoms. The molecule has 1 saturated heterocycles. The number of aliphatic hydroxyl groups excluding tert-OH is 2. The summed E-state index contributed by atoms with van der Waals surface area (Å²) in [6, 6.07) is 10.5. The van der Waals surface area contributed by atoms with Crippen LogP contribution in [0.15, 0.2) is 65.3 Å². The molecule has 1 aliphatic carbocycles. The molecule has 19 nitrogen and oxygen atoms in total. The van der Waals surface area contributed by atoms with E-state index in [0.717, 1.165) is 23.3 Å². The molecule has 5 aliphatic rings. The molecule has 0 radical (unpaired) electrons. The fraction of sp³-hybridized carbons (Fsp3) is 0.480. The van der Waals surface area contributed by atoms with E-state index in [1.54, 1.807) is 71.6 Å². The summed E-state index contributed by atoms with van der Waals surface area (Å²) in [7, 11) is 2.97. The quantitative estimate of drug-likeness (QED) is 0.105. The zero-order valence-electron chi connectivity index (χ0n) is 39.6. The van der Waals surface area contributed by atoms with E-state index >= 15 is 0 Å². The van der Waals surface area contributed by atoms with Crippen LogP contribution in [-0.4, -0.2) is 127 Å². The lowest BCUT2D eigenvalue weighted by atomic mass is 10.0. The van der Waals surface area contributed by atoms with Crippen LogP contribution in [0.4, 0.5) is 21.9 Å². The Hall–Kier alpha value is -6.70. The average Bonchev–Trinajstić information content (AvgIpc) is 3.86. The number of methoxy groups -OCH3 is 2. The second-order valence-corrected chi connectivity index (χ2v) is 18.7. The van der Waals surface area contributed by atoms with Gasteiger partial charge in [0.15, 0.2) is 29.2 Å². The molecule has 4 aliphatic heterocycles. The summed E-state index contributed by atoms with van der Waals surface area (Å²) in [4.78, 5) is 75.9. The number of ether oxygens (including phenoxy) is 5. The lowest BCUT2D eigenvalue weighted by Crippen LogP contribution is -2.50. The van der Waals surface area contributed by atoms with Gasteiger partial charge in [-0.05, 0) is 98.6 Å². The van der Waals surface area contributed by atoms with Crippen molar-refractivity contribution in [2.45, 2.75) is 103 Å². The number of hydrogen-bond acceptors (Lipinski definition) is 14. The van der Waals surface area contributed by atoms with Gasteiger partial charge in [-0.15, -0.1) is 0 Å². The molecule has 3 aromatic carbocycles.